The fraction of sp³-hybridized carbons (Fsp3) is 0.185. The molecule has 8 aromatic carbocycles. The van der Waals surface area contributed by atoms with Gasteiger partial charge in [0.1, 0.15) is 24.0 Å². The number of ether oxygens (including phenoxy) is 1. The summed E-state index contributed by atoms with van der Waals surface area (Å²) in [6.45, 7) is 15.2. The van der Waals surface area contributed by atoms with Gasteiger partial charge in [-0.1, -0.05) is 162 Å². The van der Waals surface area contributed by atoms with Gasteiger partial charge in [-0.05, 0) is 118 Å². The van der Waals surface area contributed by atoms with Gasteiger partial charge >= 0.3 is 0 Å². The Morgan fingerprint density at radius 2 is 1.31 bits per heavy atom. The molecule has 3 aromatic heterocycles. The number of hydrogen-bond acceptors (Lipinski definition) is 3. The van der Waals surface area contributed by atoms with E-state index in [1.807, 2.05) is 28.8 Å². The first-order chi connectivity index (χ1) is 37.0. The number of hydrogen-bond donors (Lipinski definition) is 0. The molecule has 4 heterocycles. The summed E-state index contributed by atoms with van der Waals surface area (Å²) >= 11 is 0. The van der Waals surface area contributed by atoms with Gasteiger partial charge < -0.3 is 14.2 Å². The maximum atomic E-state index is 8.75. The molecule has 1 aliphatic heterocycles. The molecule has 0 aliphatic carbocycles. The van der Waals surface area contributed by atoms with Crippen LogP contribution in [0.3, 0.4) is 0 Å². The van der Waals surface area contributed by atoms with Gasteiger partial charge in [0.15, 0.2) is 0 Å². The Bertz CT molecular complexity index is 4410. The highest BCUT2D eigenvalue weighted by atomic mass is 16.5. The molecule has 12 rings (SSSR count). The van der Waals surface area contributed by atoms with Crippen LogP contribution < -0.4 is 9.64 Å². The molecule has 0 N–H and O–H groups in total. The lowest BCUT2D eigenvalue weighted by Crippen LogP contribution is -2.17. The van der Waals surface area contributed by atoms with Gasteiger partial charge in [-0.2, -0.15) is 0 Å². The number of fused-ring (bicyclic) bond motifs is 10. The fourth-order valence-corrected chi connectivity index (χ4v) is 10.7. The van der Waals surface area contributed by atoms with E-state index in [2.05, 4.69) is 174 Å². The smallest absolute Gasteiger partial charge is 0.137 e. The minimum atomic E-state index is -2.75. The Morgan fingerprint density at radius 1 is 0.586 bits per heavy atom. The lowest BCUT2D eigenvalue weighted by atomic mass is 9.86. The van der Waals surface area contributed by atoms with Crippen LogP contribution >= 0.6 is 0 Å². The highest BCUT2D eigenvalue weighted by molar-refractivity contribution is 6.21. The van der Waals surface area contributed by atoms with Crippen LogP contribution in [-0.4, -0.2) is 14.1 Å². The molecule has 0 atom stereocenters. The summed E-state index contributed by atoms with van der Waals surface area (Å²) in [5.41, 5.74) is 9.36. The minimum absolute atomic E-state index is 0.0575. The van der Waals surface area contributed by atoms with E-state index >= 15 is 0 Å². The molecule has 5 heteroatoms. The summed E-state index contributed by atoms with van der Waals surface area (Å²) in [6.07, 6.45) is 1.32. The summed E-state index contributed by atoms with van der Waals surface area (Å²) in [5, 5.41) is 8.91. The van der Waals surface area contributed by atoms with Gasteiger partial charge in [0, 0.05) is 60.8 Å². The summed E-state index contributed by atoms with van der Waals surface area (Å²) in [4.78, 5) is 7.24. The van der Waals surface area contributed by atoms with Crippen LogP contribution in [0, 0.1) is 20.7 Å². The second-order valence-corrected chi connectivity index (χ2v) is 20.9. The lowest BCUT2D eigenvalue weighted by molar-refractivity contribution is 0.456. The normalized spacial score (nSPS) is 14.7. The number of para-hydroxylation sites is 2. The molecule has 0 amide bonds. The molecular formula is C65H58N4O. The van der Waals surface area contributed by atoms with Crippen molar-refractivity contribution in [3.63, 3.8) is 0 Å². The van der Waals surface area contributed by atoms with Crippen molar-refractivity contribution in [2.45, 2.75) is 79.7 Å². The molecule has 70 heavy (non-hydrogen) atoms. The van der Waals surface area contributed by atoms with Gasteiger partial charge in [-0.3, -0.25) is 4.57 Å². The Balaban J connectivity index is 1.05. The summed E-state index contributed by atoms with van der Waals surface area (Å²) < 4.78 is 80.2. The molecule has 0 radical (unpaired) electrons. The quantitative estimate of drug-likeness (QED) is 0.173. The van der Waals surface area contributed by atoms with Crippen molar-refractivity contribution in [1.82, 2.24) is 14.1 Å². The largest absolute Gasteiger partial charge is 0.457 e. The average molecular weight is 919 g/mol. The van der Waals surface area contributed by atoms with Gasteiger partial charge in [0.05, 0.1) is 34.6 Å². The maximum Gasteiger partial charge on any atom is 0.137 e. The zero-order chi connectivity index (χ0) is 55.1. The molecule has 5 nitrogen and oxygen atoms in total. The molecule has 0 spiro atoms. The highest BCUT2D eigenvalue weighted by Crippen LogP contribution is 2.46. The topological polar surface area (TPSA) is 35.2 Å². The number of aromatic nitrogens is 3. The second-order valence-electron chi connectivity index (χ2n) is 20.9. The Kier molecular flexibility index (Phi) is 8.11. The van der Waals surface area contributed by atoms with Gasteiger partial charge in [0.2, 0.25) is 0 Å². The summed E-state index contributed by atoms with van der Waals surface area (Å²) in [5.74, 6) is 1.52. The number of aryl methyl sites for hydroxylation is 3. The molecule has 344 valence electrons. The maximum absolute atomic E-state index is 8.75. The first-order valence-corrected chi connectivity index (χ1v) is 24.0. The van der Waals surface area contributed by atoms with Crippen molar-refractivity contribution in [2.24, 2.45) is 0 Å². The number of rotatable bonds is 5. The third-order valence-electron chi connectivity index (χ3n) is 14.1. The van der Waals surface area contributed by atoms with Gasteiger partial charge in [-0.15, -0.1) is 0 Å². The first-order valence-electron chi connectivity index (χ1n) is 28.0. The highest BCUT2D eigenvalue weighted by Gasteiger charge is 2.28. The lowest BCUT2D eigenvalue weighted by Gasteiger charge is -2.26. The van der Waals surface area contributed by atoms with E-state index in [1.54, 1.807) is 0 Å². The third kappa shape index (κ3) is 7.09. The molecule has 0 bridgehead atoms. The number of benzene rings is 8. The number of anilines is 2. The minimum Gasteiger partial charge on any atom is -0.457 e. The molecule has 0 saturated carbocycles. The van der Waals surface area contributed by atoms with Crippen molar-refractivity contribution < 1.29 is 15.7 Å². The molecule has 0 saturated heterocycles. The third-order valence-corrected chi connectivity index (χ3v) is 14.1. The van der Waals surface area contributed by atoms with Crippen LogP contribution in [0.25, 0.3) is 82.1 Å². The van der Waals surface area contributed by atoms with E-state index < -0.39 is 37.1 Å². The van der Waals surface area contributed by atoms with Crippen LogP contribution in [0.5, 0.6) is 11.5 Å². The van der Waals surface area contributed by atoms with Crippen molar-refractivity contribution in [2.75, 3.05) is 4.90 Å². The van der Waals surface area contributed by atoms with E-state index in [0.717, 1.165) is 49.7 Å². The van der Waals surface area contributed by atoms with Gasteiger partial charge in [0.25, 0.3) is 0 Å². The van der Waals surface area contributed by atoms with Crippen LogP contribution in [0.4, 0.5) is 11.4 Å². The molecule has 0 unspecified atom stereocenters. The van der Waals surface area contributed by atoms with E-state index in [4.69, 9.17) is 20.7 Å². The van der Waals surface area contributed by atoms with Crippen molar-refractivity contribution in [3.8, 4) is 28.4 Å². The summed E-state index contributed by atoms with van der Waals surface area (Å²) in [6, 6.07) is 46.3. The SMILES string of the molecule is [2H]c1c([2H])c([2H])c(-c2cnc(-n3c4ccc(C(C)(C)C)cc4c4ccc(Oc5cc(N6Cn7c8c(C)cccc8c8cc(C)ccc8c8ccccc8c8cccc6c87)ccc5C(C)(C)C)cc43)cc2C([2H])([2H])[2H])c([2H])c1[2H]. The van der Waals surface area contributed by atoms with E-state index in [1.165, 1.54) is 55.8 Å². The predicted molar refractivity (Wildman–Crippen MR) is 296 cm³/mol. The van der Waals surface area contributed by atoms with Gasteiger partial charge in [-0.25, -0.2) is 4.98 Å². The first kappa shape index (κ1) is 35.3. The monoisotopic (exact) mass is 919 g/mol. The van der Waals surface area contributed by atoms with Crippen molar-refractivity contribution >= 4 is 76.5 Å². The van der Waals surface area contributed by atoms with E-state index in [0.29, 0.717) is 23.7 Å². The van der Waals surface area contributed by atoms with E-state index in [9.17, 15) is 0 Å². The van der Waals surface area contributed by atoms with Crippen LogP contribution in [0.15, 0.2) is 176 Å². The predicted octanol–water partition coefficient (Wildman–Crippen LogP) is 17.8. The Morgan fingerprint density at radius 3 is 2.09 bits per heavy atom. The zero-order valence-corrected chi connectivity index (χ0v) is 40.8. The van der Waals surface area contributed by atoms with Crippen molar-refractivity contribution in [3.05, 3.63) is 204 Å². The van der Waals surface area contributed by atoms with Crippen LogP contribution in [0.2, 0.25) is 0 Å². The molecule has 0 fully saturated rings. The Hall–Kier alpha value is -7.89. The van der Waals surface area contributed by atoms with E-state index in [-0.39, 0.29) is 33.3 Å². The second kappa shape index (κ2) is 16.1. The standard InChI is InChI=1S/C65H58N4O/c1-40-25-29-49-47-20-13-14-21-48(47)51-23-16-24-58-63(51)68(62-41(2)17-15-22-52(62)53(49)33-40)39-67(58)45-27-31-56(65(7,8)9)60(36-45)70-46-28-30-50-54-35-44(64(4,5)6)26-32-57(54)69(59(50)37-46)61-34-42(3)55(38-66-61)43-18-11-10-12-19-43/h10-38H,39H2,1-9H3/i3D3,10D,11D,12D,18D,19D. The van der Waals surface area contributed by atoms with Crippen molar-refractivity contribution in [1.29, 1.82) is 0 Å². The molecule has 1 aliphatic rings. The average Bonchev–Trinajstić information content (AvgIpc) is 3.96. The molecular weight excluding hydrogens is 853 g/mol. The number of nitrogens with zero attached hydrogens (tertiary/aromatic N) is 4. The summed E-state index contributed by atoms with van der Waals surface area (Å²) in [7, 11) is 0. The fourth-order valence-electron chi connectivity index (χ4n) is 10.7. The van der Waals surface area contributed by atoms with Crippen LogP contribution in [-0.2, 0) is 17.5 Å². The Labute approximate surface area is 421 Å². The molecule has 11 aromatic rings. The van der Waals surface area contributed by atoms with Crippen LogP contribution in [0.1, 0.15) is 80.3 Å². The number of pyridine rings is 1. The zero-order valence-electron chi connectivity index (χ0n) is 48.8.